The van der Waals surface area contributed by atoms with E-state index in [0.29, 0.717) is 28.1 Å². The number of imide groups is 1. The van der Waals surface area contributed by atoms with Crippen molar-refractivity contribution >= 4 is 50.6 Å². The Morgan fingerprint density at radius 2 is 1.84 bits per heavy atom. The first-order chi connectivity index (χ1) is 17.8. The summed E-state index contributed by atoms with van der Waals surface area (Å²) in [5.41, 5.74) is 1.56. The second-order valence-corrected chi connectivity index (χ2v) is 9.68. The van der Waals surface area contributed by atoms with E-state index < -0.39 is 21.9 Å². The number of amides is 2. The molecule has 0 unspecified atom stereocenters. The predicted molar refractivity (Wildman–Crippen MR) is 141 cm³/mol. The van der Waals surface area contributed by atoms with Crippen molar-refractivity contribution in [1.29, 1.82) is 0 Å². The van der Waals surface area contributed by atoms with E-state index in [4.69, 9.17) is 9.47 Å². The fourth-order valence-corrected chi connectivity index (χ4v) is 4.94. The maximum atomic E-state index is 14.0. The van der Waals surface area contributed by atoms with Crippen LogP contribution in [0, 0.1) is 15.9 Å². The summed E-state index contributed by atoms with van der Waals surface area (Å²) in [7, 11) is 0. The Kier molecular flexibility index (Phi) is 8.24. The molecule has 11 heteroatoms. The molecule has 0 saturated carbocycles. The van der Waals surface area contributed by atoms with Gasteiger partial charge in [0.05, 0.1) is 27.5 Å². The number of carbonyl (C=O) groups excluding carboxylic acids is 2. The number of hydrogen-bond donors (Lipinski definition) is 0. The molecule has 8 nitrogen and oxygen atoms in total. The van der Waals surface area contributed by atoms with Gasteiger partial charge in [0.25, 0.3) is 16.8 Å². The largest absolute Gasteiger partial charge is 0.490 e. The molecule has 0 atom stereocenters. The van der Waals surface area contributed by atoms with E-state index in [9.17, 15) is 24.1 Å². The van der Waals surface area contributed by atoms with Crippen molar-refractivity contribution in [3.63, 3.8) is 0 Å². The van der Waals surface area contributed by atoms with Crippen molar-refractivity contribution in [3.8, 4) is 11.5 Å². The molecule has 190 valence electrons. The topological polar surface area (TPSA) is 99.0 Å². The number of nitro benzene ring substituents is 1. The molecular formula is C26H20BrFN2O6S. The molecule has 0 aromatic heterocycles. The van der Waals surface area contributed by atoms with Crippen LogP contribution in [-0.2, 0) is 17.9 Å². The third-order valence-corrected chi connectivity index (χ3v) is 6.82. The number of hydrogen-bond acceptors (Lipinski definition) is 7. The van der Waals surface area contributed by atoms with Crippen LogP contribution in [0.2, 0.25) is 0 Å². The first-order valence-corrected chi connectivity index (χ1v) is 12.7. The van der Waals surface area contributed by atoms with Gasteiger partial charge in [0.1, 0.15) is 12.4 Å². The summed E-state index contributed by atoms with van der Waals surface area (Å²) >= 11 is 4.26. The summed E-state index contributed by atoms with van der Waals surface area (Å²) in [6.45, 7) is 2.15. The minimum Gasteiger partial charge on any atom is -0.490 e. The standard InChI is InChI=1S/C26H20BrFN2O6S/c1-2-35-22-12-17(11-20(27)24(22)36-15-16-7-9-19(10-8-16)30(33)34)13-23-25(31)29(26(32)37-23)14-18-5-3-4-6-21(18)28/h3-13H,2,14-15H2,1H3/b23-13-. The number of nitrogens with zero attached hydrogens (tertiary/aromatic N) is 2. The number of nitro groups is 1. The molecule has 1 heterocycles. The van der Waals surface area contributed by atoms with Gasteiger partial charge in [-0.25, -0.2) is 4.39 Å². The van der Waals surface area contributed by atoms with E-state index in [2.05, 4.69) is 15.9 Å². The highest BCUT2D eigenvalue weighted by atomic mass is 79.9. The second-order valence-electron chi connectivity index (χ2n) is 7.83. The molecule has 1 saturated heterocycles. The Morgan fingerprint density at radius 3 is 2.51 bits per heavy atom. The Morgan fingerprint density at radius 1 is 1.11 bits per heavy atom. The van der Waals surface area contributed by atoms with E-state index in [1.165, 1.54) is 24.3 Å². The van der Waals surface area contributed by atoms with E-state index >= 15 is 0 Å². The summed E-state index contributed by atoms with van der Waals surface area (Å²) in [5, 5.41) is 10.4. The van der Waals surface area contributed by atoms with Gasteiger partial charge in [-0.1, -0.05) is 18.2 Å². The normalized spacial score (nSPS) is 14.4. The lowest BCUT2D eigenvalue weighted by Gasteiger charge is -2.15. The fraction of sp³-hybridized carbons (Fsp3) is 0.154. The third kappa shape index (κ3) is 6.17. The van der Waals surface area contributed by atoms with Crippen molar-refractivity contribution in [3.05, 3.63) is 103 Å². The molecule has 0 bridgehead atoms. The molecule has 4 rings (SSSR count). The van der Waals surface area contributed by atoms with E-state index in [-0.39, 0.29) is 29.3 Å². The Balaban J connectivity index is 1.54. The molecule has 2 amide bonds. The molecule has 37 heavy (non-hydrogen) atoms. The molecule has 1 aliphatic heterocycles. The Labute approximate surface area is 224 Å². The maximum absolute atomic E-state index is 14.0. The van der Waals surface area contributed by atoms with E-state index in [1.807, 2.05) is 6.92 Å². The lowest BCUT2D eigenvalue weighted by Crippen LogP contribution is -2.27. The van der Waals surface area contributed by atoms with Gasteiger partial charge in [-0.15, -0.1) is 0 Å². The predicted octanol–water partition coefficient (Wildman–Crippen LogP) is 6.71. The number of thioether (sulfide) groups is 1. The summed E-state index contributed by atoms with van der Waals surface area (Å²) < 4.78 is 26.3. The monoisotopic (exact) mass is 586 g/mol. The van der Waals surface area contributed by atoms with Crippen LogP contribution in [0.3, 0.4) is 0 Å². The first kappa shape index (κ1) is 26.4. The summed E-state index contributed by atoms with van der Waals surface area (Å²) in [6, 6.07) is 15.4. The Hall–Kier alpha value is -3.70. The van der Waals surface area contributed by atoms with Crippen molar-refractivity contribution < 1.29 is 28.4 Å². The lowest BCUT2D eigenvalue weighted by atomic mass is 10.1. The van der Waals surface area contributed by atoms with Gasteiger partial charge in [0.2, 0.25) is 0 Å². The molecule has 1 aliphatic rings. The number of ether oxygens (including phenoxy) is 2. The van der Waals surface area contributed by atoms with Crippen LogP contribution < -0.4 is 9.47 Å². The highest BCUT2D eigenvalue weighted by Crippen LogP contribution is 2.40. The lowest BCUT2D eigenvalue weighted by molar-refractivity contribution is -0.384. The molecular weight excluding hydrogens is 567 g/mol. The minimum absolute atomic E-state index is 0.0115. The third-order valence-electron chi connectivity index (χ3n) is 5.32. The quantitative estimate of drug-likeness (QED) is 0.156. The van der Waals surface area contributed by atoms with Crippen LogP contribution in [0.25, 0.3) is 6.08 Å². The van der Waals surface area contributed by atoms with Crippen LogP contribution in [0.15, 0.2) is 70.0 Å². The zero-order chi connectivity index (χ0) is 26.5. The highest BCUT2D eigenvalue weighted by molar-refractivity contribution is 9.10. The summed E-state index contributed by atoms with van der Waals surface area (Å²) in [4.78, 5) is 37.0. The van der Waals surface area contributed by atoms with Crippen LogP contribution in [0.5, 0.6) is 11.5 Å². The molecule has 1 fully saturated rings. The van der Waals surface area contributed by atoms with Crippen molar-refractivity contribution in [2.75, 3.05) is 6.61 Å². The summed E-state index contributed by atoms with van der Waals surface area (Å²) in [6.07, 6.45) is 1.57. The highest BCUT2D eigenvalue weighted by Gasteiger charge is 2.35. The number of non-ortho nitro benzene ring substituents is 1. The zero-order valence-electron chi connectivity index (χ0n) is 19.5. The molecule has 3 aromatic carbocycles. The van der Waals surface area contributed by atoms with Gasteiger partial charge in [-0.05, 0) is 82.2 Å². The molecule has 0 aliphatic carbocycles. The minimum atomic E-state index is -0.508. The molecule has 0 N–H and O–H groups in total. The van der Waals surface area contributed by atoms with Gasteiger partial charge < -0.3 is 9.47 Å². The fourth-order valence-electron chi connectivity index (χ4n) is 3.53. The number of halogens is 2. The van der Waals surface area contributed by atoms with Crippen molar-refractivity contribution in [1.82, 2.24) is 4.90 Å². The molecule has 3 aromatic rings. The first-order valence-electron chi connectivity index (χ1n) is 11.1. The summed E-state index contributed by atoms with van der Waals surface area (Å²) in [5.74, 6) is -0.161. The van der Waals surface area contributed by atoms with Gasteiger partial charge in [-0.2, -0.15) is 0 Å². The number of carbonyl (C=O) groups is 2. The van der Waals surface area contributed by atoms with Crippen molar-refractivity contribution in [2.45, 2.75) is 20.1 Å². The SMILES string of the molecule is CCOc1cc(/C=C2\SC(=O)N(Cc3ccccc3F)C2=O)cc(Br)c1OCc1ccc([N+](=O)[O-])cc1. The number of rotatable bonds is 9. The van der Waals surface area contributed by atoms with Gasteiger partial charge >= 0.3 is 0 Å². The smallest absolute Gasteiger partial charge is 0.293 e. The molecule has 0 spiro atoms. The Bertz CT molecular complexity index is 1400. The van der Waals surface area contributed by atoms with E-state index in [1.54, 1.807) is 42.5 Å². The van der Waals surface area contributed by atoms with Gasteiger partial charge in [-0.3, -0.25) is 24.6 Å². The van der Waals surface area contributed by atoms with Crippen molar-refractivity contribution in [2.24, 2.45) is 0 Å². The van der Waals surface area contributed by atoms with Crippen LogP contribution in [-0.4, -0.2) is 27.6 Å². The van der Waals surface area contributed by atoms with Crippen LogP contribution in [0.1, 0.15) is 23.6 Å². The van der Waals surface area contributed by atoms with Gasteiger partial charge in [0, 0.05) is 17.7 Å². The zero-order valence-corrected chi connectivity index (χ0v) is 21.9. The molecule has 0 radical (unpaired) electrons. The van der Waals surface area contributed by atoms with E-state index in [0.717, 1.165) is 22.2 Å². The number of benzene rings is 3. The maximum Gasteiger partial charge on any atom is 0.293 e. The second kappa shape index (κ2) is 11.6. The van der Waals surface area contributed by atoms with Crippen LogP contribution in [0.4, 0.5) is 14.9 Å². The average molecular weight is 587 g/mol. The van der Waals surface area contributed by atoms with Crippen LogP contribution >= 0.6 is 27.7 Å². The van der Waals surface area contributed by atoms with Gasteiger partial charge in [0.15, 0.2) is 11.5 Å². The average Bonchev–Trinajstić information content (AvgIpc) is 3.12.